The van der Waals surface area contributed by atoms with Gasteiger partial charge in [0.15, 0.2) is 0 Å². The molecule has 0 bridgehead atoms. The molecule has 1 fully saturated rings. The van der Waals surface area contributed by atoms with Gasteiger partial charge in [0.05, 0.1) is 19.0 Å². The fraction of sp³-hybridized carbons (Fsp3) is 1.00. The first-order valence-corrected chi connectivity index (χ1v) is 6.63. The zero-order valence-corrected chi connectivity index (χ0v) is 9.50. The Kier molecular flexibility index (Phi) is 10.2. The number of piperazine rings is 1. The van der Waals surface area contributed by atoms with Crippen molar-refractivity contribution < 1.29 is 17.7 Å². The first-order valence-electron chi connectivity index (χ1n) is 5.05. The van der Waals surface area contributed by atoms with Crippen LogP contribution in [0.5, 0.6) is 0 Å². The molecular formula is C8H19KN2O4S. The molecule has 0 spiro atoms. The fourth-order valence-corrected chi connectivity index (χ4v) is 2.33. The number of rotatable bonds is 6. The van der Waals surface area contributed by atoms with Crippen LogP contribution in [0.1, 0.15) is 0 Å². The summed E-state index contributed by atoms with van der Waals surface area (Å²) in [5.41, 5.74) is 0. The Balaban J connectivity index is 0.00000225. The average molecular weight is 278 g/mol. The summed E-state index contributed by atoms with van der Waals surface area (Å²) in [6, 6.07) is 0. The number of aliphatic hydroxyl groups is 1. The van der Waals surface area contributed by atoms with E-state index in [2.05, 4.69) is 14.4 Å². The Morgan fingerprint density at radius 2 is 1.94 bits per heavy atom. The zero-order valence-electron chi connectivity index (χ0n) is 8.68. The molecule has 0 atom stereocenters. The van der Waals surface area contributed by atoms with Crippen LogP contribution in [0.15, 0.2) is 0 Å². The predicted molar refractivity (Wildman–Crippen MR) is 63.3 cm³/mol. The van der Waals surface area contributed by atoms with Gasteiger partial charge in [0.25, 0.3) is 10.1 Å². The molecule has 0 aromatic rings. The van der Waals surface area contributed by atoms with Crippen LogP contribution in [0.4, 0.5) is 0 Å². The van der Waals surface area contributed by atoms with Crippen molar-refractivity contribution in [2.45, 2.75) is 0 Å². The third-order valence-corrected chi connectivity index (χ3v) is 3.43. The van der Waals surface area contributed by atoms with Crippen molar-refractivity contribution >= 4 is 61.5 Å². The molecule has 16 heavy (non-hydrogen) atoms. The summed E-state index contributed by atoms with van der Waals surface area (Å²) in [5.74, 6) is -0.00694. The van der Waals surface area contributed by atoms with E-state index < -0.39 is 10.1 Å². The van der Waals surface area contributed by atoms with Crippen LogP contribution in [0.3, 0.4) is 0 Å². The van der Waals surface area contributed by atoms with Gasteiger partial charge >= 0.3 is 51.4 Å². The number of aliphatic hydroxyl groups excluding tert-OH is 1. The van der Waals surface area contributed by atoms with E-state index in [1.54, 1.807) is 0 Å². The van der Waals surface area contributed by atoms with Gasteiger partial charge in [0.1, 0.15) is 0 Å². The molecule has 0 radical (unpaired) electrons. The van der Waals surface area contributed by atoms with Crippen molar-refractivity contribution in [3.63, 3.8) is 0 Å². The Hall–Kier alpha value is 1.43. The molecule has 1 saturated heterocycles. The zero-order chi connectivity index (χ0) is 11.1. The van der Waals surface area contributed by atoms with E-state index in [-0.39, 0.29) is 70.4 Å². The molecule has 1 heterocycles. The summed E-state index contributed by atoms with van der Waals surface area (Å²) >= 11 is 0. The van der Waals surface area contributed by atoms with Crippen LogP contribution >= 0.6 is 0 Å². The van der Waals surface area contributed by atoms with Gasteiger partial charge in [-0.1, -0.05) is 0 Å². The fourth-order valence-electron chi connectivity index (χ4n) is 1.40. The number of nitrogens with one attached hydrogen (secondary N) is 1. The third kappa shape index (κ3) is 7.69. The summed E-state index contributed by atoms with van der Waals surface area (Å²) in [4.78, 5) is 2.08. The molecule has 0 aliphatic carbocycles. The predicted octanol–water partition coefficient (Wildman–Crippen LogP) is -2.42. The standard InChI is InChI=1S/C8H18N2O4S.K.H/c11-6-7-14-15(12,13)8-5-10-3-1-9-2-4-10;;/h9,11H,1-8H2;;. The molecule has 8 heteroatoms. The molecular weight excluding hydrogens is 259 g/mol. The maximum absolute atomic E-state index is 11.3. The van der Waals surface area contributed by atoms with Gasteiger partial charge in [-0.05, 0) is 0 Å². The van der Waals surface area contributed by atoms with Crippen LogP contribution in [0.25, 0.3) is 0 Å². The number of nitrogens with zero attached hydrogens (tertiary/aromatic N) is 1. The van der Waals surface area contributed by atoms with Crippen LogP contribution in [0, 0.1) is 0 Å². The number of hydrogen-bond donors (Lipinski definition) is 2. The Morgan fingerprint density at radius 1 is 1.31 bits per heavy atom. The first kappa shape index (κ1) is 17.4. The minimum atomic E-state index is -3.47. The normalized spacial score (nSPS) is 18.1. The molecule has 0 aromatic carbocycles. The summed E-state index contributed by atoms with van der Waals surface area (Å²) in [6.45, 7) is 3.62. The van der Waals surface area contributed by atoms with Crippen molar-refractivity contribution in [3.8, 4) is 0 Å². The molecule has 6 nitrogen and oxygen atoms in total. The maximum atomic E-state index is 11.3. The van der Waals surface area contributed by atoms with Gasteiger partial charge in [-0.15, -0.1) is 0 Å². The second kappa shape index (κ2) is 9.37. The second-order valence-electron chi connectivity index (χ2n) is 3.40. The Morgan fingerprint density at radius 3 is 2.50 bits per heavy atom. The topological polar surface area (TPSA) is 78.9 Å². The van der Waals surface area contributed by atoms with Crippen molar-refractivity contribution in [1.29, 1.82) is 0 Å². The second-order valence-corrected chi connectivity index (χ2v) is 5.16. The Labute approximate surface area is 139 Å². The average Bonchev–Trinajstić information content (AvgIpc) is 2.25. The molecule has 1 rings (SSSR count). The van der Waals surface area contributed by atoms with E-state index in [0.29, 0.717) is 6.54 Å². The molecule has 0 aromatic heterocycles. The molecule has 1 aliphatic rings. The molecule has 2 N–H and O–H groups in total. The van der Waals surface area contributed by atoms with Crippen LogP contribution in [-0.2, 0) is 14.3 Å². The van der Waals surface area contributed by atoms with Crippen LogP contribution < -0.4 is 5.32 Å². The first-order chi connectivity index (χ1) is 7.14. The number of hydrogen-bond acceptors (Lipinski definition) is 6. The van der Waals surface area contributed by atoms with Crippen LogP contribution in [0.2, 0.25) is 0 Å². The molecule has 0 saturated carbocycles. The molecule has 92 valence electrons. The van der Waals surface area contributed by atoms with E-state index in [1.807, 2.05) is 0 Å². The summed E-state index contributed by atoms with van der Waals surface area (Å²) < 4.78 is 27.1. The van der Waals surface area contributed by atoms with E-state index in [9.17, 15) is 8.42 Å². The van der Waals surface area contributed by atoms with Gasteiger partial charge in [-0.3, -0.25) is 9.08 Å². The van der Waals surface area contributed by atoms with Crippen LogP contribution in [-0.4, -0.2) is 121 Å². The van der Waals surface area contributed by atoms with Gasteiger partial charge < -0.3 is 10.4 Å². The Bertz CT molecular complexity index is 267. The van der Waals surface area contributed by atoms with Gasteiger partial charge in [0.2, 0.25) is 0 Å². The molecule has 0 amide bonds. The summed E-state index contributed by atoms with van der Waals surface area (Å²) in [6.07, 6.45) is 0. The SMILES string of the molecule is O=S(=O)(CCN1CCNCC1)OCCO.[KH]. The summed E-state index contributed by atoms with van der Waals surface area (Å²) in [7, 11) is -3.47. The van der Waals surface area contributed by atoms with E-state index >= 15 is 0 Å². The van der Waals surface area contributed by atoms with Crippen molar-refractivity contribution in [1.82, 2.24) is 10.2 Å². The van der Waals surface area contributed by atoms with Crippen molar-refractivity contribution in [3.05, 3.63) is 0 Å². The monoisotopic (exact) mass is 278 g/mol. The minimum absolute atomic E-state index is 0. The van der Waals surface area contributed by atoms with Crippen molar-refractivity contribution in [2.75, 3.05) is 51.7 Å². The van der Waals surface area contributed by atoms with E-state index in [4.69, 9.17) is 5.11 Å². The van der Waals surface area contributed by atoms with Crippen molar-refractivity contribution in [2.24, 2.45) is 0 Å². The van der Waals surface area contributed by atoms with Gasteiger partial charge in [-0.2, -0.15) is 8.42 Å². The molecule has 0 unspecified atom stereocenters. The summed E-state index contributed by atoms with van der Waals surface area (Å²) in [5, 5.41) is 11.6. The van der Waals surface area contributed by atoms with E-state index in [1.165, 1.54) is 0 Å². The van der Waals surface area contributed by atoms with E-state index in [0.717, 1.165) is 26.2 Å². The molecule has 1 aliphatic heterocycles. The van der Waals surface area contributed by atoms with Gasteiger partial charge in [0, 0.05) is 32.7 Å². The third-order valence-electron chi connectivity index (χ3n) is 2.22. The van der Waals surface area contributed by atoms with Gasteiger partial charge in [-0.25, -0.2) is 0 Å². The quantitative estimate of drug-likeness (QED) is 0.416.